The molecule has 0 aliphatic heterocycles. The molecular formula is C10H14N2O3S. The van der Waals surface area contributed by atoms with E-state index in [1.807, 2.05) is 12.3 Å². The number of aryl methyl sites for hydroxylation is 1. The van der Waals surface area contributed by atoms with Gasteiger partial charge in [-0.05, 0) is 13.8 Å². The van der Waals surface area contributed by atoms with Gasteiger partial charge in [-0.2, -0.15) is 0 Å². The Labute approximate surface area is 97.7 Å². The van der Waals surface area contributed by atoms with Gasteiger partial charge in [-0.1, -0.05) is 0 Å². The summed E-state index contributed by atoms with van der Waals surface area (Å²) in [7, 11) is 0. The maximum absolute atomic E-state index is 11.3. The minimum Gasteiger partial charge on any atom is -0.480 e. The Morgan fingerprint density at radius 1 is 1.62 bits per heavy atom. The van der Waals surface area contributed by atoms with Gasteiger partial charge in [-0.25, -0.2) is 9.78 Å². The van der Waals surface area contributed by atoms with Crippen molar-refractivity contribution in [3.63, 3.8) is 0 Å². The van der Waals surface area contributed by atoms with E-state index >= 15 is 0 Å². The highest BCUT2D eigenvalue weighted by atomic mass is 32.1. The number of thiazole rings is 1. The lowest BCUT2D eigenvalue weighted by atomic mass is 10.2. The number of rotatable bonds is 4. The van der Waals surface area contributed by atoms with Crippen molar-refractivity contribution >= 4 is 23.2 Å². The summed E-state index contributed by atoms with van der Waals surface area (Å²) in [6.07, 6.45) is 0. The van der Waals surface area contributed by atoms with Gasteiger partial charge in [0.25, 0.3) is 0 Å². The number of hydrogen-bond acceptors (Lipinski definition) is 4. The summed E-state index contributed by atoms with van der Waals surface area (Å²) in [6.45, 7) is 4.96. The summed E-state index contributed by atoms with van der Waals surface area (Å²) in [5.74, 6) is -1.28. The predicted molar refractivity (Wildman–Crippen MR) is 60.2 cm³/mol. The fraction of sp³-hybridized carbons (Fsp3) is 0.500. The lowest BCUT2D eigenvalue weighted by Gasteiger charge is -2.24. The molecule has 6 heteroatoms. The topological polar surface area (TPSA) is 70.5 Å². The van der Waals surface area contributed by atoms with Gasteiger partial charge in [-0.3, -0.25) is 4.79 Å². The number of aliphatic carboxylic acids is 1. The SMILES string of the molecule is CC(=O)N(Cc1csc(C)n1)[C@H](C)C(=O)O. The molecule has 1 rings (SSSR count). The van der Waals surface area contributed by atoms with E-state index in [0.717, 1.165) is 10.7 Å². The Hall–Kier alpha value is -1.43. The molecule has 0 aliphatic rings. The van der Waals surface area contributed by atoms with Gasteiger partial charge in [0.1, 0.15) is 6.04 Å². The van der Waals surface area contributed by atoms with E-state index in [1.165, 1.54) is 30.1 Å². The Kier molecular flexibility index (Phi) is 4.00. The molecule has 0 bridgehead atoms. The molecule has 5 nitrogen and oxygen atoms in total. The summed E-state index contributed by atoms with van der Waals surface area (Å²) in [6, 6.07) is -0.834. The van der Waals surface area contributed by atoms with Crippen LogP contribution in [-0.2, 0) is 16.1 Å². The number of carboxylic acids is 1. The van der Waals surface area contributed by atoms with E-state index < -0.39 is 12.0 Å². The fourth-order valence-corrected chi connectivity index (χ4v) is 1.91. The third kappa shape index (κ3) is 3.03. The van der Waals surface area contributed by atoms with Gasteiger partial charge >= 0.3 is 5.97 Å². The number of amides is 1. The van der Waals surface area contributed by atoms with Crippen LogP contribution in [0, 0.1) is 6.92 Å². The van der Waals surface area contributed by atoms with Gasteiger partial charge in [0.15, 0.2) is 0 Å². The molecule has 1 aromatic heterocycles. The van der Waals surface area contributed by atoms with Gasteiger partial charge in [0.2, 0.25) is 5.91 Å². The molecular weight excluding hydrogens is 228 g/mol. The van der Waals surface area contributed by atoms with Crippen molar-refractivity contribution in [2.45, 2.75) is 33.4 Å². The number of carbonyl (C=O) groups is 2. The highest BCUT2D eigenvalue weighted by molar-refractivity contribution is 7.09. The number of hydrogen-bond donors (Lipinski definition) is 1. The molecule has 1 N–H and O–H groups in total. The van der Waals surface area contributed by atoms with E-state index in [2.05, 4.69) is 4.98 Å². The van der Waals surface area contributed by atoms with Gasteiger partial charge < -0.3 is 10.0 Å². The van der Waals surface area contributed by atoms with E-state index in [9.17, 15) is 9.59 Å². The molecule has 1 aromatic rings. The second kappa shape index (κ2) is 5.07. The van der Waals surface area contributed by atoms with Gasteiger partial charge in [-0.15, -0.1) is 11.3 Å². The van der Waals surface area contributed by atoms with Crippen molar-refractivity contribution in [1.29, 1.82) is 0 Å². The van der Waals surface area contributed by atoms with Crippen LogP contribution in [0.5, 0.6) is 0 Å². The van der Waals surface area contributed by atoms with Crippen molar-refractivity contribution in [3.8, 4) is 0 Å². The number of nitrogens with zero attached hydrogens (tertiary/aromatic N) is 2. The molecule has 0 spiro atoms. The monoisotopic (exact) mass is 242 g/mol. The Morgan fingerprint density at radius 2 is 2.25 bits per heavy atom. The van der Waals surface area contributed by atoms with E-state index in [4.69, 9.17) is 5.11 Å². The fourth-order valence-electron chi connectivity index (χ4n) is 1.31. The molecule has 0 radical (unpaired) electrons. The first-order valence-electron chi connectivity index (χ1n) is 4.83. The average molecular weight is 242 g/mol. The van der Waals surface area contributed by atoms with Crippen LogP contribution in [-0.4, -0.2) is 32.9 Å². The molecule has 0 aliphatic carbocycles. The lowest BCUT2D eigenvalue weighted by molar-refractivity contribution is -0.149. The summed E-state index contributed by atoms with van der Waals surface area (Å²) in [5, 5.41) is 11.6. The highest BCUT2D eigenvalue weighted by Crippen LogP contribution is 2.12. The van der Waals surface area contributed by atoms with Crippen LogP contribution in [0.3, 0.4) is 0 Å². The summed E-state index contributed by atoms with van der Waals surface area (Å²) < 4.78 is 0. The molecule has 0 unspecified atom stereocenters. The second-order valence-corrected chi connectivity index (χ2v) is 4.58. The first kappa shape index (κ1) is 12.6. The van der Waals surface area contributed by atoms with Crippen LogP contribution in [0.25, 0.3) is 0 Å². The van der Waals surface area contributed by atoms with Crippen molar-refractivity contribution in [2.75, 3.05) is 0 Å². The maximum atomic E-state index is 11.3. The van der Waals surface area contributed by atoms with Crippen LogP contribution in [0.1, 0.15) is 24.5 Å². The zero-order chi connectivity index (χ0) is 12.3. The van der Waals surface area contributed by atoms with Crippen LogP contribution in [0.4, 0.5) is 0 Å². The molecule has 88 valence electrons. The molecule has 0 saturated carbocycles. The number of carbonyl (C=O) groups excluding carboxylic acids is 1. The smallest absolute Gasteiger partial charge is 0.326 e. The first-order valence-corrected chi connectivity index (χ1v) is 5.70. The zero-order valence-corrected chi connectivity index (χ0v) is 10.2. The van der Waals surface area contributed by atoms with Crippen molar-refractivity contribution in [3.05, 3.63) is 16.1 Å². The number of carboxylic acid groups (broad SMARTS) is 1. The lowest BCUT2D eigenvalue weighted by Crippen LogP contribution is -2.41. The van der Waals surface area contributed by atoms with Crippen molar-refractivity contribution < 1.29 is 14.7 Å². The van der Waals surface area contributed by atoms with Crippen LogP contribution in [0.2, 0.25) is 0 Å². The van der Waals surface area contributed by atoms with Crippen LogP contribution >= 0.6 is 11.3 Å². The van der Waals surface area contributed by atoms with Crippen molar-refractivity contribution in [1.82, 2.24) is 9.88 Å². The Bertz CT molecular complexity index is 403. The van der Waals surface area contributed by atoms with Gasteiger partial charge in [0.05, 0.1) is 17.2 Å². The molecule has 1 atom stereocenters. The molecule has 0 aromatic carbocycles. The molecule has 1 heterocycles. The van der Waals surface area contributed by atoms with E-state index in [1.54, 1.807) is 0 Å². The Morgan fingerprint density at radius 3 is 2.62 bits per heavy atom. The van der Waals surface area contributed by atoms with Crippen LogP contribution in [0.15, 0.2) is 5.38 Å². The molecule has 1 amide bonds. The largest absolute Gasteiger partial charge is 0.480 e. The highest BCUT2D eigenvalue weighted by Gasteiger charge is 2.23. The standard InChI is InChI=1S/C10H14N2O3S/c1-6(10(14)15)12(8(3)13)4-9-5-16-7(2)11-9/h5-6H,4H2,1-3H3,(H,14,15)/t6-/m1/s1. The average Bonchev–Trinajstić information content (AvgIpc) is 2.59. The molecule has 16 heavy (non-hydrogen) atoms. The summed E-state index contributed by atoms with van der Waals surface area (Å²) in [4.78, 5) is 27.7. The van der Waals surface area contributed by atoms with Crippen LogP contribution < -0.4 is 0 Å². The van der Waals surface area contributed by atoms with Crippen molar-refractivity contribution in [2.24, 2.45) is 0 Å². The van der Waals surface area contributed by atoms with Gasteiger partial charge in [0, 0.05) is 12.3 Å². The third-order valence-electron chi connectivity index (χ3n) is 2.23. The minimum absolute atomic E-state index is 0.243. The quantitative estimate of drug-likeness (QED) is 0.863. The first-order chi connectivity index (χ1) is 7.41. The molecule has 0 saturated heterocycles. The second-order valence-electron chi connectivity index (χ2n) is 3.52. The maximum Gasteiger partial charge on any atom is 0.326 e. The third-order valence-corrected chi connectivity index (χ3v) is 3.05. The number of aromatic nitrogens is 1. The minimum atomic E-state index is -1.01. The van der Waals surface area contributed by atoms with E-state index in [-0.39, 0.29) is 12.5 Å². The van der Waals surface area contributed by atoms with E-state index in [0.29, 0.717) is 0 Å². The summed E-state index contributed by atoms with van der Waals surface area (Å²) >= 11 is 1.48. The normalized spacial score (nSPS) is 12.2. The molecule has 0 fully saturated rings. The zero-order valence-electron chi connectivity index (χ0n) is 9.43. The predicted octanol–water partition coefficient (Wildman–Crippen LogP) is 1.27. The summed E-state index contributed by atoms with van der Waals surface area (Å²) in [5.41, 5.74) is 0.728. The Balaban J connectivity index is 2.80.